The fourth-order valence-electron chi connectivity index (χ4n) is 3.75. The van der Waals surface area contributed by atoms with E-state index in [2.05, 4.69) is 35.6 Å². The summed E-state index contributed by atoms with van der Waals surface area (Å²) in [6.07, 6.45) is 7.19. The molecule has 3 rings (SSSR count). The van der Waals surface area contributed by atoms with Crippen molar-refractivity contribution in [2.45, 2.75) is 38.5 Å². The van der Waals surface area contributed by atoms with Gasteiger partial charge in [-0.2, -0.15) is 0 Å². The van der Waals surface area contributed by atoms with Gasteiger partial charge in [0.1, 0.15) is 0 Å². The van der Waals surface area contributed by atoms with Gasteiger partial charge in [0, 0.05) is 17.1 Å². The minimum Gasteiger partial charge on any atom is -0.351 e. The van der Waals surface area contributed by atoms with Crippen molar-refractivity contribution in [1.82, 2.24) is 5.32 Å². The van der Waals surface area contributed by atoms with Crippen LogP contribution in [-0.4, -0.2) is 12.5 Å². The average molecular weight is 342 g/mol. The second-order valence-corrected chi connectivity index (χ2v) is 7.35. The number of carbonyl (C=O) groups excluding carboxylic acids is 1. The van der Waals surface area contributed by atoms with Gasteiger partial charge < -0.3 is 5.32 Å². The summed E-state index contributed by atoms with van der Waals surface area (Å²) >= 11 is 5.99. The van der Waals surface area contributed by atoms with Gasteiger partial charge in [0.25, 0.3) is 5.91 Å². The Balaban J connectivity index is 1.69. The lowest BCUT2D eigenvalue weighted by Gasteiger charge is -2.37. The van der Waals surface area contributed by atoms with E-state index in [9.17, 15) is 4.79 Å². The zero-order valence-electron chi connectivity index (χ0n) is 13.9. The number of hydrogen-bond acceptors (Lipinski definition) is 1. The van der Waals surface area contributed by atoms with Crippen molar-refractivity contribution in [2.24, 2.45) is 5.41 Å². The molecule has 0 aromatic heterocycles. The highest BCUT2D eigenvalue weighted by atomic mass is 35.5. The quantitative estimate of drug-likeness (QED) is 0.789. The van der Waals surface area contributed by atoms with E-state index in [-0.39, 0.29) is 11.3 Å². The Morgan fingerprint density at radius 2 is 1.75 bits per heavy atom. The number of rotatable bonds is 5. The first-order valence-corrected chi connectivity index (χ1v) is 9.12. The first-order valence-electron chi connectivity index (χ1n) is 8.75. The Morgan fingerprint density at radius 1 is 1.00 bits per heavy atom. The van der Waals surface area contributed by atoms with Gasteiger partial charge in [-0.15, -0.1) is 0 Å². The molecule has 1 saturated carbocycles. The molecule has 0 aliphatic heterocycles. The number of carbonyl (C=O) groups is 1. The van der Waals surface area contributed by atoms with Crippen LogP contribution in [0.1, 0.15) is 48.0 Å². The summed E-state index contributed by atoms with van der Waals surface area (Å²) in [5.41, 5.74) is 2.16. The van der Waals surface area contributed by atoms with E-state index in [1.807, 2.05) is 12.1 Å². The zero-order valence-corrected chi connectivity index (χ0v) is 14.7. The van der Waals surface area contributed by atoms with Crippen LogP contribution in [0.15, 0.2) is 54.6 Å². The fourth-order valence-corrected chi connectivity index (χ4v) is 3.94. The van der Waals surface area contributed by atoms with Gasteiger partial charge in [0.2, 0.25) is 0 Å². The number of amides is 1. The first-order chi connectivity index (χ1) is 11.7. The topological polar surface area (TPSA) is 29.1 Å². The molecule has 1 aliphatic rings. The molecule has 0 heterocycles. The maximum atomic E-state index is 12.5. The van der Waals surface area contributed by atoms with Gasteiger partial charge in [-0.3, -0.25) is 4.79 Å². The van der Waals surface area contributed by atoms with E-state index in [1.165, 1.54) is 37.7 Å². The lowest BCUT2D eigenvalue weighted by atomic mass is 9.70. The summed E-state index contributed by atoms with van der Waals surface area (Å²) in [5, 5.41) is 3.76. The molecule has 2 aromatic carbocycles. The van der Waals surface area contributed by atoms with Crippen LogP contribution in [0, 0.1) is 5.41 Å². The van der Waals surface area contributed by atoms with Crippen LogP contribution in [0.2, 0.25) is 5.02 Å². The minimum absolute atomic E-state index is 0.0319. The molecule has 1 amide bonds. The van der Waals surface area contributed by atoms with E-state index >= 15 is 0 Å². The van der Waals surface area contributed by atoms with Crippen LogP contribution in [0.3, 0.4) is 0 Å². The maximum Gasteiger partial charge on any atom is 0.251 e. The normalized spacial score (nSPS) is 16.5. The highest BCUT2D eigenvalue weighted by Gasteiger charge is 2.32. The van der Waals surface area contributed by atoms with Gasteiger partial charge >= 0.3 is 0 Å². The molecule has 2 nitrogen and oxygen atoms in total. The minimum atomic E-state index is -0.0319. The number of nitrogens with one attached hydrogen (secondary N) is 1. The number of benzene rings is 2. The Labute approximate surface area is 149 Å². The molecular formula is C21H24ClNO. The van der Waals surface area contributed by atoms with Crippen LogP contribution in [0.5, 0.6) is 0 Å². The third-order valence-electron chi connectivity index (χ3n) is 5.05. The average Bonchev–Trinajstić information content (AvgIpc) is 2.61. The molecule has 3 heteroatoms. The SMILES string of the molecule is O=C(NCC1(Cc2ccccc2)CCCCC1)c1cccc(Cl)c1. The van der Waals surface area contributed by atoms with Crippen molar-refractivity contribution in [1.29, 1.82) is 0 Å². The molecule has 2 aromatic rings. The van der Waals surface area contributed by atoms with E-state index in [0.29, 0.717) is 10.6 Å². The lowest BCUT2D eigenvalue weighted by Crippen LogP contribution is -2.40. The van der Waals surface area contributed by atoms with Crippen LogP contribution >= 0.6 is 11.6 Å². The molecular weight excluding hydrogens is 318 g/mol. The van der Waals surface area contributed by atoms with Gasteiger partial charge in [-0.25, -0.2) is 0 Å². The second-order valence-electron chi connectivity index (χ2n) is 6.92. The number of hydrogen-bond donors (Lipinski definition) is 1. The molecule has 0 radical (unpaired) electrons. The van der Waals surface area contributed by atoms with Crippen molar-refractivity contribution < 1.29 is 4.79 Å². The zero-order chi connectivity index (χ0) is 16.8. The highest BCUT2D eigenvalue weighted by Crippen LogP contribution is 2.38. The Morgan fingerprint density at radius 3 is 2.46 bits per heavy atom. The summed E-state index contributed by atoms with van der Waals surface area (Å²) in [6, 6.07) is 17.8. The predicted octanol–water partition coefficient (Wildman–Crippen LogP) is 5.26. The Hall–Kier alpha value is -1.80. The summed E-state index contributed by atoms with van der Waals surface area (Å²) in [6.45, 7) is 0.729. The molecule has 0 unspecified atom stereocenters. The van der Waals surface area contributed by atoms with E-state index in [0.717, 1.165) is 13.0 Å². The predicted molar refractivity (Wildman–Crippen MR) is 99.4 cm³/mol. The smallest absolute Gasteiger partial charge is 0.251 e. The van der Waals surface area contributed by atoms with Crippen molar-refractivity contribution in [3.05, 3.63) is 70.7 Å². The number of halogens is 1. The largest absolute Gasteiger partial charge is 0.351 e. The first kappa shape index (κ1) is 17.0. The van der Waals surface area contributed by atoms with Crippen molar-refractivity contribution in [3.8, 4) is 0 Å². The monoisotopic (exact) mass is 341 g/mol. The van der Waals surface area contributed by atoms with Crippen LogP contribution in [-0.2, 0) is 6.42 Å². The third-order valence-corrected chi connectivity index (χ3v) is 5.28. The maximum absolute atomic E-state index is 12.5. The summed E-state index contributed by atoms with van der Waals surface area (Å²) in [5.74, 6) is -0.0319. The van der Waals surface area contributed by atoms with Crippen LogP contribution < -0.4 is 5.32 Å². The molecule has 1 fully saturated rings. The summed E-state index contributed by atoms with van der Waals surface area (Å²) < 4.78 is 0. The molecule has 0 spiro atoms. The molecule has 0 bridgehead atoms. The van der Waals surface area contributed by atoms with E-state index in [1.54, 1.807) is 12.1 Å². The third kappa shape index (κ3) is 4.39. The lowest BCUT2D eigenvalue weighted by molar-refractivity contribution is 0.0908. The van der Waals surface area contributed by atoms with Gasteiger partial charge in [-0.05, 0) is 48.4 Å². The molecule has 126 valence electrons. The summed E-state index contributed by atoms with van der Waals surface area (Å²) in [7, 11) is 0. The standard InChI is InChI=1S/C21H24ClNO/c22-19-11-7-10-18(14-19)20(24)23-16-21(12-5-2-6-13-21)15-17-8-3-1-4-9-17/h1,3-4,7-11,14H,2,5-6,12-13,15-16H2,(H,23,24). The molecule has 0 atom stereocenters. The Bertz CT molecular complexity index is 677. The molecule has 24 heavy (non-hydrogen) atoms. The van der Waals surface area contributed by atoms with Gasteiger partial charge in [0.15, 0.2) is 0 Å². The molecule has 1 aliphatic carbocycles. The highest BCUT2D eigenvalue weighted by molar-refractivity contribution is 6.30. The molecule has 1 N–H and O–H groups in total. The van der Waals surface area contributed by atoms with Gasteiger partial charge in [-0.1, -0.05) is 67.3 Å². The van der Waals surface area contributed by atoms with Crippen LogP contribution in [0.25, 0.3) is 0 Å². The van der Waals surface area contributed by atoms with Crippen molar-refractivity contribution in [2.75, 3.05) is 6.54 Å². The second kappa shape index (κ2) is 7.85. The van der Waals surface area contributed by atoms with E-state index in [4.69, 9.17) is 11.6 Å². The van der Waals surface area contributed by atoms with E-state index < -0.39 is 0 Å². The Kier molecular flexibility index (Phi) is 5.57. The fraction of sp³-hybridized carbons (Fsp3) is 0.381. The summed E-state index contributed by atoms with van der Waals surface area (Å²) in [4.78, 5) is 12.5. The van der Waals surface area contributed by atoms with Crippen molar-refractivity contribution in [3.63, 3.8) is 0 Å². The van der Waals surface area contributed by atoms with Gasteiger partial charge in [0.05, 0.1) is 0 Å². The van der Waals surface area contributed by atoms with Crippen molar-refractivity contribution >= 4 is 17.5 Å². The van der Waals surface area contributed by atoms with Crippen LogP contribution in [0.4, 0.5) is 0 Å². The molecule has 0 saturated heterocycles.